The lowest BCUT2D eigenvalue weighted by Gasteiger charge is -2.12. The molecule has 0 atom stereocenters. The van der Waals surface area contributed by atoms with E-state index in [0.717, 1.165) is 51.4 Å². The molecule has 4 aromatic heterocycles. The van der Waals surface area contributed by atoms with Gasteiger partial charge in [-0.3, -0.25) is 19.0 Å². The highest BCUT2D eigenvalue weighted by Crippen LogP contribution is 2.33. The van der Waals surface area contributed by atoms with Gasteiger partial charge in [0.15, 0.2) is 0 Å². The third-order valence-corrected chi connectivity index (χ3v) is 11.1. The average molecular weight is 863 g/mol. The van der Waals surface area contributed by atoms with Crippen molar-refractivity contribution in [3.05, 3.63) is 165 Å². The SMILES string of the molecule is Cc1cc(-c2cc(NS(C)(=O)=O)c3ncn(Cc4cccc(F)c4)c3c2)cn(C)c1=O.Cc1cc(-c2cc(NS(C)(=O)=O)c3ncn(Cc4ccccc4)c3c2)cn(C)c1=O. The number of fused-ring (bicyclic) bond motifs is 2. The summed E-state index contributed by atoms with van der Waals surface area (Å²) >= 11 is 0. The fourth-order valence-corrected chi connectivity index (χ4v) is 8.26. The first-order valence-corrected chi connectivity index (χ1v) is 22.7. The Morgan fingerprint density at radius 3 is 1.44 bits per heavy atom. The molecule has 14 nitrogen and oxygen atoms in total. The van der Waals surface area contributed by atoms with E-state index in [0.29, 0.717) is 52.1 Å². The largest absolute Gasteiger partial charge is 0.326 e. The molecule has 0 unspecified atom stereocenters. The Kier molecular flexibility index (Phi) is 11.5. The zero-order chi connectivity index (χ0) is 43.8. The van der Waals surface area contributed by atoms with Gasteiger partial charge in [-0.25, -0.2) is 31.2 Å². The average Bonchev–Trinajstić information content (AvgIpc) is 3.79. The van der Waals surface area contributed by atoms with Gasteiger partial charge in [-0.2, -0.15) is 0 Å². The number of nitrogens with zero attached hydrogens (tertiary/aromatic N) is 6. The summed E-state index contributed by atoms with van der Waals surface area (Å²) in [7, 11) is -3.68. The molecule has 4 aromatic carbocycles. The van der Waals surface area contributed by atoms with Gasteiger partial charge in [-0.05, 0) is 95.8 Å². The molecule has 0 bridgehead atoms. The van der Waals surface area contributed by atoms with Crippen LogP contribution in [0.4, 0.5) is 15.8 Å². The first kappa shape index (κ1) is 42.3. The van der Waals surface area contributed by atoms with Crippen molar-refractivity contribution in [1.82, 2.24) is 28.2 Å². The number of sulfonamides is 2. The maximum Gasteiger partial charge on any atom is 0.253 e. The normalized spacial score (nSPS) is 11.7. The molecule has 8 rings (SSSR count). The third kappa shape index (κ3) is 9.80. The topological polar surface area (TPSA) is 172 Å². The summed E-state index contributed by atoms with van der Waals surface area (Å²) in [4.78, 5) is 33.0. The monoisotopic (exact) mass is 862 g/mol. The van der Waals surface area contributed by atoms with Crippen molar-refractivity contribution >= 4 is 53.5 Å². The summed E-state index contributed by atoms with van der Waals surface area (Å²) < 4.78 is 73.4. The predicted octanol–water partition coefficient (Wildman–Crippen LogP) is 6.40. The molecule has 0 saturated heterocycles. The molecule has 4 heterocycles. The van der Waals surface area contributed by atoms with Crippen molar-refractivity contribution in [3.63, 3.8) is 0 Å². The Labute approximate surface area is 351 Å². The molecule has 0 spiro atoms. The van der Waals surface area contributed by atoms with Gasteiger partial charge in [-0.15, -0.1) is 0 Å². The number of aryl methyl sites for hydroxylation is 4. The van der Waals surface area contributed by atoms with Crippen molar-refractivity contribution in [1.29, 1.82) is 0 Å². The number of halogens is 1. The van der Waals surface area contributed by atoms with Gasteiger partial charge in [-0.1, -0.05) is 42.5 Å². The quantitative estimate of drug-likeness (QED) is 0.159. The van der Waals surface area contributed by atoms with Crippen molar-refractivity contribution in [3.8, 4) is 22.3 Å². The molecule has 8 aromatic rings. The van der Waals surface area contributed by atoms with E-state index in [2.05, 4.69) is 19.4 Å². The molecule has 0 amide bonds. The fourth-order valence-electron chi connectivity index (χ4n) is 7.15. The minimum atomic E-state index is -3.55. The first-order valence-electron chi connectivity index (χ1n) is 18.9. The minimum Gasteiger partial charge on any atom is -0.326 e. The standard InChI is InChI=1S/C22H21FN4O3S.C22H22N4O3S/c1-14-7-17(12-26(2)22(14)28)16-9-19(25-31(3,29)30)21-20(10-16)27(13-24-21)11-15-5-4-6-18(23)8-15;1-15-9-18(13-25(2)22(15)27)17-10-19(24-30(3,28)29)21-20(11-17)26(14-23-21)12-16-7-5-4-6-8-16/h4-10,12-13,25H,11H2,1-3H3;4-11,13-14,24H,12H2,1-3H3. The van der Waals surface area contributed by atoms with Gasteiger partial charge < -0.3 is 18.3 Å². The van der Waals surface area contributed by atoms with Gasteiger partial charge in [0.2, 0.25) is 20.0 Å². The molecule has 61 heavy (non-hydrogen) atoms. The fraction of sp³-hybridized carbons (Fsp3) is 0.182. The molecule has 0 radical (unpaired) electrons. The molecule has 0 aliphatic carbocycles. The molecule has 2 N–H and O–H groups in total. The van der Waals surface area contributed by atoms with Crippen molar-refractivity contribution < 1.29 is 21.2 Å². The van der Waals surface area contributed by atoms with E-state index in [1.807, 2.05) is 63.7 Å². The van der Waals surface area contributed by atoms with E-state index in [9.17, 15) is 30.8 Å². The Morgan fingerprint density at radius 2 is 1.02 bits per heavy atom. The number of aromatic nitrogens is 6. The molecule has 0 fully saturated rings. The number of nitrogens with one attached hydrogen (secondary N) is 2. The van der Waals surface area contributed by atoms with Crippen LogP contribution in [0.15, 0.2) is 126 Å². The highest BCUT2D eigenvalue weighted by molar-refractivity contribution is 7.92. The van der Waals surface area contributed by atoms with Crippen LogP contribution in [-0.4, -0.2) is 57.6 Å². The van der Waals surface area contributed by atoms with Crippen molar-refractivity contribution in [2.24, 2.45) is 14.1 Å². The van der Waals surface area contributed by atoms with Crippen LogP contribution in [0.25, 0.3) is 44.3 Å². The van der Waals surface area contributed by atoms with Gasteiger partial charge in [0.05, 0.1) is 47.6 Å². The van der Waals surface area contributed by atoms with Crippen LogP contribution >= 0.6 is 0 Å². The van der Waals surface area contributed by atoms with E-state index in [1.165, 1.54) is 21.3 Å². The maximum atomic E-state index is 13.6. The predicted molar refractivity (Wildman–Crippen MR) is 238 cm³/mol. The maximum absolute atomic E-state index is 13.6. The van der Waals surface area contributed by atoms with Gasteiger partial charge in [0.25, 0.3) is 11.1 Å². The summed E-state index contributed by atoms with van der Waals surface area (Å²) in [5, 5.41) is 0. The number of anilines is 2. The summed E-state index contributed by atoms with van der Waals surface area (Å²) in [5.41, 5.74) is 9.25. The summed E-state index contributed by atoms with van der Waals surface area (Å²) in [5.74, 6) is -0.331. The Bertz CT molecular complexity index is 3270. The third-order valence-electron chi connectivity index (χ3n) is 9.87. The zero-order valence-corrected chi connectivity index (χ0v) is 35.8. The second-order valence-electron chi connectivity index (χ2n) is 15.0. The Morgan fingerprint density at radius 1 is 0.574 bits per heavy atom. The molecular formula is C44H43FN8O6S2. The lowest BCUT2D eigenvalue weighted by Crippen LogP contribution is -2.18. The summed E-state index contributed by atoms with van der Waals surface area (Å²) in [6.45, 7) is 4.46. The lowest BCUT2D eigenvalue weighted by atomic mass is 10.0. The van der Waals surface area contributed by atoms with Gasteiger partial charge >= 0.3 is 0 Å². The van der Waals surface area contributed by atoms with E-state index >= 15 is 0 Å². The number of benzene rings is 4. The molecule has 0 aliphatic rings. The molecule has 17 heteroatoms. The van der Waals surface area contributed by atoms with Crippen LogP contribution < -0.4 is 20.6 Å². The number of imidazole rings is 2. The highest BCUT2D eigenvalue weighted by atomic mass is 32.2. The van der Waals surface area contributed by atoms with E-state index < -0.39 is 20.0 Å². The summed E-state index contributed by atoms with van der Waals surface area (Å²) in [6, 6.07) is 27.1. The highest BCUT2D eigenvalue weighted by Gasteiger charge is 2.17. The van der Waals surface area contributed by atoms with E-state index in [4.69, 9.17) is 0 Å². The number of hydrogen-bond donors (Lipinski definition) is 2. The number of pyridine rings is 2. The van der Waals surface area contributed by atoms with Crippen LogP contribution in [0.5, 0.6) is 0 Å². The lowest BCUT2D eigenvalue weighted by molar-refractivity contribution is 0.605. The Balaban J connectivity index is 0.000000184. The van der Waals surface area contributed by atoms with Crippen LogP contribution in [-0.2, 0) is 47.2 Å². The van der Waals surface area contributed by atoms with Gasteiger partial charge in [0.1, 0.15) is 16.9 Å². The molecule has 314 valence electrons. The van der Waals surface area contributed by atoms with Gasteiger partial charge in [0, 0.05) is 50.7 Å². The first-order chi connectivity index (χ1) is 28.8. The second kappa shape index (κ2) is 16.7. The molecule has 0 aliphatic heterocycles. The second-order valence-corrected chi connectivity index (χ2v) is 18.5. The van der Waals surface area contributed by atoms with Crippen LogP contribution in [0.3, 0.4) is 0 Å². The van der Waals surface area contributed by atoms with E-state index in [1.54, 1.807) is 77.3 Å². The number of hydrogen-bond acceptors (Lipinski definition) is 8. The summed E-state index contributed by atoms with van der Waals surface area (Å²) in [6.07, 6.45) is 8.95. The number of rotatable bonds is 10. The van der Waals surface area contributed by atoms with Crippen LogP contribution in [0, 0.1) is 19.7 Å². The minimum absolute atomic E-state index is 0.0663. The smallest absolute Gasteiger partial charge is 0.253 e. The van der Waals surface area contributed by atoms with E-state index in [-0.39, 0.29) is 16.9 Å². The molecular weight excluding hydrogens is 820 g/mol. The zero-order valence-electron chi connectivity index (χ0n) is 34.2. The van der Waals surface area contributed by atoms with Crippen molar-refractivity contribution in [2.45, 2.75) is 26.9 Å². The van der Waals surface area contributed by atoms with Crippen LogP contribution in [0.1, 0.15) is 22.3 Å². The molecule has 0 saturated carbocycles. The van der Waals surface area contributed by atoms with Crippen LogP contribution in [0.2, 0.25) is 0 Å². The van der Waals surface area contributed by atoms with Crippen molar-refractivity contribution in [2.75, 3.05) is 22.0 Å². The Hall–Kier alpha value is -6.85.